The van der Waals surface area contributed by atoms with Crippen LogP contribution in [0.5, 0.6) is 5.75 Å². The number of imide groups is 2. The number of amides is 5. The fraction of sp³-hybridized carbons (Fsp3) is 0.500. The number of carbonyl (C=O) groups is 5. The number of nitrogens with one attached hydrogen (secondary N) is 1. The van der Waals surface area contributed by atoms with Crippen molar-refractivity contribution in [1.29, 1.82) is 0 Å². The number of fused-ring (bicyclic) bond motifs is 1. The van der Waals surface area contributed by atoms with Gasteiger partial charge in [0.25, 0.3) is 11.8 Å². The molecule has 2 saturated heterocycles. The van der Waals surface area contributed by atoms with E-state index in [0.717, 1.165) is 4.90 Å². The highest BCUT2D eigenvalue weighted by Crippen LogP contribution is 2.31. The van der Waals surface area contributed by atoms with E-state index in [0.29, 0.717) is 25.3 Å². The topological polar surface area (TPSA) is 122 Å². The van der Waals surface area contributed by atoms with Gasteiger partial charge in [-0.05, 0) is 45.4 Å². The molecule has 2 atom stereocenters. The number of piperidine rings is 1. The van der Waals surface area contributed by atoms with Crippen LogP contribution >= 0.6 is 0 Å². The van der Waals surface area contributed by atoms with Gasteiger partial charge in [-0.3, -0.25) is 29.4 Å². The molecule has 10 heteroatoms. The Morgan fingerprint density at radius 1 is 1.06 bits per heavy atom. The molecule has 0 spiro atoms. The van der Waals surface area contributed by atoms with E-state index in [4.69, 9.17) is 9.47 Å². The summed E-state index contributed by atoms with van der Waals surface area (Å²) in [5.41, 5.74) is -0.245. The van der Waals surface area contributed by atoms with Crippen LogP contribution in [0.3, 0.4) is 0 Å². The molecular formula is C22H25N3O7. The summed E-state index contributed by atoms with van der Waals surface area (Å²) in [5.74, 6) is -1.84. The number of hydrogen-bond acceptors (Lipinski definition) is 7. The molecule has 170 valence electrons. The Morgan fingerprint density at radius 2 is 1.78 bits per heavy atom. The maximum atomic E-state index is 12.9. The summed E-state index contributed by atoms with van der Waals surface area (Å²) in [4.78, 5) is 63.9. The van der Waals surface area contributed by atoms with Gasteiger partial charge < -0.3 is 14.4 Å². The minimum atomic E-state index is -1.01. The number of nitrogens with zero attached hydrogens (tertiary/aromatic N) is 2. The Balaban J connectivity index is 1.44. The third-order valence-electron chi connectivity index (χ3n) is 5.51. The van der Waals surface area contributed by atoms with Gasteiger partial charge in [-0.1, -0.05) is 0 Å². The van der Waals surface area contributed by atoms with Gasteiger partial charge in [0.15, 0.2) is 0 Å². The van der Waals surface area contributed by atoms with E-state index in [1.165, 1.54) is 12.1 Å². The molecule has 2 fully saturated rings. The summed E-state index contributed by atoms with van der Waals surface area (Å²) in [6.45, 7) is 6.24. The van der Waals surface area contributed by atoms with Gasteiger partial charge in [-0.15, -0.1) is 0 Å². The molecule has 1 aromatic rings. The lowest BCUT2D eigenvalue weighted by molar-refractivity contribution is -0.136. The van der Waals surface area contributed by atoms with E-state index < -0.39 is 41.4 Å². The summed E-state index contributed by atoms with van der Waals surface area (Å²) in [7, 11) is 0. The van der Waals surface area contributed by atoms with Crippen molar-refractivity contribution >= 4 is 29.7 Å². The van der Waals surface area contributed by atoms with Crippen molar-refractivity contribution < 1.29 is 33.4 Å². The molecule has 3 heterocycles. The number of rotatable bonds is 3. The summed E-state index contributed by atoms with van der Waals surface area (Å²) in [5, 5.41) is 2.17. The van der Waals surface area contributed by atoms with Crippen molar-refractivity contribution in [2.75, 3.05) is 13.1 Å². The van der Waals surface area contributed by atoms with Crippen LogP contribution in [0.1, 0.15) is 60.7 Å². The fourth-order valence-electron chi connectivity index (χ4n) is 4.03. The number of hydrogen-bond donors (Lipinski definition) is 1. The Hall–Kier alpha value is -3.43. The number of benzene rings is 1. The minimum absolute atomic E-state index is 0.0635. The zero-order valence-electron chi connectivity index (χ0n) is 18.2. The van der Waals surface area contributed by atoms with E-state index in [2.05, 4.69) is 5.32 Å². The predicted octanol–water partition coefficient (Wildman–Crippen LogP) is 1.48. The van der Waals surface area contributed by atoms with Crippen molar-refractivity contribution in [3.63, 3.8) is 0 Å². The molecular weight excluding hydrogens is 418 g/mol. The van der Waals surface area contributed by atoms with E-state index >= 15 is 0 Å². The van der Waals surface area contributed by atoms with Gasteiger partial charge in [0.2, 0.25) is 11.8 Å². The van der Waals surface area contributed by atoms with Crippen molar-refractivity contribution in [1.82, 2.24) is 15.1 Å². The first kappa shape index (κ1) is 21.8. The molecule has 3 aliphatic heterocycles. The third-order valence-corrected chi connectivity index (χ3v) is 5.51. The molecule has 1 aromatic carbocycles. The highest BCUT2D eigenvalue weighted by Gasteiger charge is 2.44. The normalized spacial score (nSPS) is 23.3. The summed E-state index contributed by atoms with van der Waals surface area (Å²) >= 11 is 0. The molecule has 0 bridgehead atoms. The molecule has 10 nitrogen and oxygen atoms in total. The van der Waals surface area contributed by atoms with E-state index in [-0.39, 0.29) is 30.1 Å². The van der Waals surface area contributed by atoms with Crippen LogP contribution in [-0.4, -0.2) is 70.4 Å². The van der Waals surface area contributed by atoms with E-state index in [9.17, 15) is 24.0 Å². The van der Waals surface area contributed by atoms with Crippen LogP contribution in [0.4, 0.5) is 4.79 Å². The van der Waals surface area contributed by atoms with Crippen LogP contribution in [0.15, 0.2) is 18.2 Å². The Labute approximate surface area is 184 Å². The molecule has 0 saturated carbocycles. The Kier molecular flexibility index (Phi) is 5.39. The molecule has 1 N–H and O–H groups in total. The van der Waals surface area contributed by atoms with Crippen LogP contribution in [0.25, 0.3) is 0 Å². The second-order valence-corrected chi connectivity index (χ2v) is 9.11. The third kappa shape index (κ3) is 4.17. The van der Waals surface area contributed by atoms with Crippen molar-refractivity contribution in [2.45, 2.75) is 57.8 Å². The maximum Gasteiger partial charge on any atom is 0.410 e. The number of ether oxygens (including phenoxy) is 2. The molecule has 4 rings (SSSR count). The number of likely N-dealkylation sites (tertiary alicyclic amines) is 1. The molecule has 1 unspecified atom stereocenters. The maximum absolute atomic E-state index is 12.9. The molecule has 3 aliphatic rings. The number of carbonyl (C=O) groups excluding carboxylic acids is 5. The average Bonchev–Trinajstić information content (AvgIpc) is 3.25. The first-order chi connectivity index (χ1) is 15.0. The highest BCUT2D eigenvalue weighted by atomic mass is 16.6. The van der Waals surface area contributed by atoms with Crippen LogP contribution in [0.2, 0.25) is 0 Å². The molecule has 32 heavy (non-hydrogen) atoms. The molecule has 0 radical (unpaired) electrons. The summed E-state index contributed by atoms with van der Waals surface area (Å²) in [6, 6.07) is 3.56. The zero-order chi connectivity index (χ0) is 23.2. The first-order valence-corrected chi connectivity index (χ1v) is 10.5. The first-order valence-electron chi connectivity index (χ1n) is 10.5. The summed E-state index contributed by atoms with van der Waals surface area (Å²) in [6.07, 6.45) is 0.0824. The predicted molar refractivity (Wildman–Crippen MR) is 110 cm³/mol. The lowest BCUT2D eigenvalue weighted by Crippen LogP contribution is -2.54. The van der Waals surface area contributed by atoms with Gasteiger partial charge in [0.1, 0.15) is 23.5 Å². The van der Waals surface area contributed by atoms with Gasteiger partial charge in [-0.2, -0.15) is 0 Å². The quantitative estimate of drug-likeness (QED) is 0.702. The molecule has 0 aromatic heterocycles. The lowest BCUT2D eigenvalue weighted by Gasteiger charge is -2.27. The summed E-state index contributed by atoms with van der Waals surface area (Å²) < 4.78 is 11.3. The molecule has 5 amide bonds. The Bertz CT molecular complexity index is 1010. The minimum Gasteiger partial charge on any atom is -0.488 e. The highest BCUT2D eigenvalue weighted by molar-refractivity contribution is 6.23. The Morgan fingerprint density at radius 3 is 2.47 bits per heavy atom. The van der Waals surface area contributed by atoms with Gasteiger partial charge in [0, 0.05) is 19.4 Å². The largest absolute Gasteiger partial charge is 0.488 e. The second kappa shape index (κ2) is 7.92. The van der Waals surface area contributed by atoms with E-state index in [1.54, 1.807) is 31.7 Å². The van der Waals surface area contributed by atoms with Crippen molar-refractivity contribution in [3.05, 3.63) is 29.3 Å². The fourth-order valence-corrected chi connectivity index (χ4v) is 4.03. The standard InChI is InChI=1S/C22H25N3O7/c1-22(2,3)32-21(30)24-9-8-13(11-24)31-12-4-5-14-15(10-12)20(29)25(19(14)28)16-6-7-17(26)23-18(16)27/h4-5,10,13,16H,6-9,11H2,1-3H3,(H,23,26,27)/t13-,16?/m0/s1. The second-order valence-electron chi connectivity index (χ2n) is 9.11. The smallest absolute Gasteiger partial charge is 0.410 e. The van der Waals surface area contributed by atoms with Crippen molar-refractivity contribution in [3.8, 4) is 5.75 Å². The van der Waals surface area contributed by atoms with Gasteiger partial charge in [0.05, 0.1) is 17.7 Å². The van der Waals surface area contributed by atoms with E-state index in [1.807, 2.05) is 0 Å². The monoisotopic (exact) mass is 443 g/mol. The van der Waals surface area contributed by atoms with Crippen LogP contribution < -0.4 is 10.1 Å². The SMILES string of the molecule is CC(C)(C)OC(=O)N1CC[C@H](Oc2ccc3c(c2)C(=O)N(C2CCC(=O)NC2=O)C3=O)C1. The van der Waals surface area contributed by atoms with Crippen LogP contribution in [0, 0.1) is 0 Å². The van der Waals surface area contributed by atoms with Crippen LogP contribution in [-0.2, 0) is 14.3 Å². The zero-order valence-corrected chi connectivity index (χ0v) is 18.2. The lowest BCUT2D eigenvalue weighted by atomic mass is 10.0. The average molecular weight is 443 g/mol. The molecule has 0 aliphatic carbocycles. The van der Waals surface area contributed by atoms with Gasteiger partial charge >= 0.3 is 6.09 Å². The van der Waals surface area contributed by atoms with Gasteiger partial charge in [-0.25, -0.2) is 4.79 Å². The van der Waals surface area contributed by atoms with Crippen molar-refractivity contribution in [2.24, 2.45) is 0 Å².